The highest BCUT2D eigenvalue weighted by molar-refractivity contribution is 6.30. The number of piperidine rings is 1. The summed E-state index contributed by atoms with van der Waals surface area (Å²) in [5.41, 5.74) is 1.25. The second kappa shape index (κ2) is 7.07. The quantitative estimate of drug-likeness (QED) is 0.875. The van der Waals surface area contributed by atoms with Crippen molar-refractivity contribution in [3.63, 3.8) is 0 Å². The second-order valence-electron chi connectivity index (χ2n) is 5.34. The number of nitrogens with zero attached hydrogens (tertiary/aromatic N) is 1. The van der Waals surface area contributed by atoms with Gasteiger partial charge in [-0.25, -0.2) is 0 Å². The first-order valence-electron chi connectivity index (χ1n) is 6.97. The lowest BCUT2D eigenvalue weighted by atomic mass is 9.89. The van der Waals surface area contributed by atoms with Crippen molar-refractivity contribution in [3.05, 3.63) is 34.9 Å². The number of carbonyl (C=O) groups is 1. The Bertz CT molecular complexity index is 442. The van der Waals surface area contributed by atoms with E-state index in [0.717, 1.165) is 37.5 Å². The Balaban J connectivity index is 1.85. The van der Waals surface area contributed by atoms with E-state index in [1.54, 1.807) is 7.05 Å². The van der Waals surface area contributed by atoms with Gasteiger partial charge in [-0.2, -0.15) is 0 Å². The van der Waals surface area contributed by atoms with Gasteiger partial charge in [0, 0.05) is 11.6 Å². The summed E-state index contributed by atoms with van der Waals surface area (Å²) in [5, 5.41) is 12.8. The summed E-state index contributed by atoms with van der Waals surface area (Å²) in [4.78, 5) is 13.5. The number of halogens is 1. The molecular formula is C15H21ClN2O2. The fourth-order valence-electron chi connectivity index (χ4n) is 2.85. The topological polar surface area (TPSA) is 52.6 Å². The zero-order chi connectivity index (χ0) is 14.5. The number of rotatable bonds is 5. The molecule has 5 heteroatoms. The molecule has 1 aliphatic heterocycles. The molecule has 0 spiro atoms. The number of benzene rings is 1. The van der Waals surface area contributed by atoms with E-state index in [0.29, 0.717) is 0 Å². The third kappa shape index (κ3) is 3.95. The number of nitrogens with one attached hydrogen (secondary N) is 1. The number of aliphatic carboxylic acids is 1. The van der Waals surface area contributed by atoms with Gasteiger partial charge in [-0.05, 0) is 56.6 Å². The van der Waals surface area contributed by atoms with Gasteiger partial charge in [0.1, 0.15) is 6.04 Å². The third-order valence-electron chi connectivity index (χ3n) is 4.00. The third-order valence-corrected chi connectivity index (χ3v) is 4.25. The van der Waals surface area contributed by atoms with Crippen molar-refractivity contribution in [3.8, 4) is 0 Å². The molecule has 0 bridgehead atoms. The zero-order valence-electron chi connectivity index (χ0n) is 11.7. The molecule has 2 N–H and O–H groups in total. The number of likely N-dealkylation sites (N-methyl/N-ethyl adjacent to an activating group) is 1. The molecule has 1 fully saturated rings. The number of likely N-dealkylation sites (tertiary alicyclic amines) is 1. The van der Waals surface area contributed by atoms with Crippen LogP contribution in [0.4, 0.5) is 0 Å². The molecule has 1 heterocycles. The summed E-state index contributed by atoms with van der Waals surface area (Å²) < 4.78 is 0. The summed E-state index contributed by atoms with van der Waals surface area (Å²) in [7, 11) is 1.72. The Hall–Kier alpha value is -1.10. The number of hydrogen-bond donors (Lipinski definition) is 2. The van der Waals surface area contributed by atoms with Crippen LogP contribution >= 0.6 is 11.6 Å². The smallest absolute Gasteiger partial charge is 0.320 e. The molecule has 0 aliphatic carbocycles. The van der Waals surface area contributed by atoms with Crippen LogP contribution in [0.2, 0.25) is 5.02 Å². The minimum atomic E-state index is -0.747. The van der Waals surface area contributed by atoms with Gasteiger partial charge in [0.25, 0.3) is 0 Å². The summed E-state index contributed by atoms with van der Waals surface area (Å²) in [6.45, 7) is 2.79. The zero-order valence-corrected chi connectivity index (χ0v) is 12.4. The van der Waals surface area contributed by atoms with Crippen LogP contribution in [0.1, 0.15) is 18.4 Å². The molecule has 0 aromatic heterocycles. The van der Waals surface area contributed by atoms with E-state index in [2.05, 4.69) is 10.2 Å². The maximum Gasteiger partial charge on any atom is 0.320 e. The summed E-state index contributed by atoms with van der Waals surface area (Å²) in [5.74, 6) is -0.525. The van der Waals surface area contributed by atoms with Crippen molar-refractivity contribution >= 4 is 17.6 Å². The molecule has 0 radical (unpaired) electrons. The second-order valence-corrected chi connectivity index (χ2v) is 5.78. The van der Waals surface area contributed by atoms with E-state index >= 15 is 0 Å². The average molecular weight is 297 g/mol. The SMILES string of the molecule is CNC(C(=O)O)C1CCN(Cc2ccc(Cl)cc2)CC1. The van der Waals surface area contributed by atoms with E-state index in [1.165, 1.54) is 5.56 Å². The lowest BCUT2D eigenvalue weighted by molar-refractivity contribution is -0.141. The molecule has 1 aromatic carbocycles. The molecule has 1 saturated heterocycles. The maximum absolute atomic E-state index is 11.1. The molecule has 2 rings (SSSR count). The number of carboxylic acid groups (broad SMARTS) is 1. The standard InChI is InChI=1S/C15H21ClN2O2/c1-17-14(15(19)20)12-6-8-18(9-7-12)10-11-2-4-13(16)5-3-11/h2-5,12,14,17H,6-10H2,1H3,(H,19,20). The molecule has 0 saturated carbocycles. The summed E-state index contributed by atoms with van der Waals surface area (Å²) in [6, 6.07) is 7.48. The van der Waals surface area contributed by atoms with Crippen LogP contribution in [0.15, 0.2) is 24.3 Å². The predicted octanol–water partition coefficient (Wildman–Crippen LogP) is 2.22. The molecular weight excluding hydrogens is 276 g/mol. The Labute approximate surface area is 124 Å². The van der Waals surface area contributed by atoms with Gasteiger partial charge < -0.3 is 10.4 Å². The minimum absolute atomic E-state index is 0.221. The van der Waals surface area contributed by atoms with E-state index in [4.69, 9.17) is 16.7 Å². The van der Waals surface area contributed by atoms with Gasteiger partial charge in [-0.15, -0.1) is 0 Å². The van der Waals surface area contributed by atoms with Gasteiger partial charge in [0.2, 0.25) is 0 Å². The van der Waals surface area contributed by atoms with Crippen molar-refractivity contribution in [2.45, 2.75) is 25.4 Å². The maximum atomic E-state index is 11.1. The van der Waals surface area contributed by atoms with Gasteiger partial charge in [0.05, 0.1) is 0 Å². The van der Waals surface area contributed by atoms with E-state index in [9.17, 15) is 4.79 Å². The van der Waals surface area contributed by atoms with Crippen LogP contribution in [-0.4, -0.2) is 42.2 Å². The number of hydrogen-bond acceptors (Lipinski definition) is 3. The molecule has 0 amide bonds. The van der Waals surface area contributed by atoms with Crippen LogP contribution in [0, 0.1) is 5.92 Å². The highest BCUT2D eigenvalue weighted by Gasteiger charge is 2.29. The van der Waals surface area contributed by atoms with E-state index in [1.807, 2.05) is 24.3 Å². The first-order valence-corrected chi connectivity index (χ1v) is 7.35. The van der Waals surface area contributed by atoms with Crippen LogP contribution < -0.4 is 5.32 Å². The Morgan fingerprint density at radius 2 is 2.00 bits per heavy atom. The van der Waals surface area contributed by atoms with Crippen molar-refractivity contribution < 1.29 is 9.90 Å². The van der Waals surface area contributed by atoms with Crippen molar-refractivity contribution in [1.82, 2.24) is 10.2 Å². The highest BCUT2D eigenvalue weighted by atomic mass is 35.5. The Morgan fingerprint density at radius 3 is 2.50 bits per heavy atom. The lowest BCUT2D eigenvalue weighted by Gasteiger charge is -2.34. The number of carboxylic acids is 1. The van der Waals surface area contributed by atoms with Crippen molar-refractivity contribution in [2.24, 2.45) is 5.92 Å². The molecule has 20 heavy (non-hydrogen) atoms. The Kier molecular flexibility index (Phi) is 5.40. The van der Waals surface area contributed by atoms with Gasteiger partial charge in [-0.1, -0.05) is 23.7 Å². The van der Waals surface area contributed by atoms with Gasteiger partial charge >= 0.3 is 5.97 Å². The molecule has 1 aromatic rings. The van der Waals surface area contributed by atoms with Gasteiger partial charge in [0.15, 0.2) is 0 Å². The first kappa shape index (κ1) is 15.3. The average Bonchev–Trinajstić information content (AvgIpc) is 2.44. The normalized spacial score (nSPS) is 18.9. The molecule has 1 unspecified atom stereocenters. The summed E-state index contributed by atoms with van der Waals surface area (Å²) in [6.07, 6.45) is 1.84. The van der Waals surface area contributed by atoms with E-state index in [-0.39, 0.29) is 5.92 Å². The molecule has 4 nitrogen and oxygen atoms in total. The lowest BCUT2D eigenvalue weighted by Crippen LogP contribution is -2.46. The Morgan fingerprint density at radius 1 is 1.40 bits per heavy atom. The molecule has 1 atom stereocenters. The van der Waals surface area contributed by atoms with Gasteiger partial charge in [-0.3, -0.25) is 9.69 Å². The summed E-state index contributed by atoms with van der Waals surface area (Å²) >= 11 is 5.88. The van der Waals surface area contributed by atoms with Crippen LogP contribution in [-0.2, 0) is 11.3 Å². The van der Waals surface area contributed by atoms with Crippen molar-refractivity contribution in [2.75, 3.05) is 20.1 Å². The predicted molar refractivity (Wildman–Crippen MR) is 79.9 cm³/mol. The largest absolute Gasteiger partial charge is 0.480 e. The van der Waals surface area contributed by atoms with Crippen molar-refractivity contribution in [1.29, 1.82) is 0 Å². The fourth-order valence-corrected chi connectivity index (χ4v) is 2.98. The highest BCUT2D eigenvalue weighted by Crippen LogP contribution is 2.22. The first-order chi connectivity index (χ1) is 9.60. The van der Waals surface area contributed by atoms with Crippen LogP contribution in [0.3, 0.4) is 0 Å². The van der Waals surface area contributed by atoms with E-state index < -0.39 is 12.0 Å². The molecule has 110 valence electrons. The van der Waals surface area contributed by atoms with Crippen LogP contribution in [0.5, 0.6) is 0 Å². The van der Waals surface area contributed by atoms with Crippen LogP contribution in [0.25, 0.3) is 0 Å². The minimum Gasteiger partial charge on any atom is -0.480 e. The fraction of sp³-hybridized carbons (Fsp3) is 0.533. The monoisotopic (exact) mass is 296 g/mol. The molecule has 1 aliphatic rings.